The monoisotopic (exact) mass is 401 g/mol. The molecule has 21 heavy (non-hydrogen) atoms. The second-order valence-electron chi connectivity index (χ2n) is 5.74. The van der Waals surface area contributed by atoms with Crippen LogP contribution in [0.15, 0.2) is 35.3 Å². The topological polar surface area (TPSA) is 36.9 Å². The van der Waals surface area contributed by atoms with Gasteiger partial charge in [-0.3, -0.25) is 4.99 Å². The molecule has 0 amide bonds. The highest BCUT2D eigenvalue weighted by Gasteiger charge is 2.34. The summed E-state index contributed by atoms with van der Waals surface area (Å²) in [6.45, 7) is 4.55. The molecule has 0 unspecified atom stereocenters. The molecule has 0 saturated carbocycles. The minimum absolute atomic E-state index is 0. The number of halogens is 1. The van der Waals surface area contributed by atoms with Crippen molar-refractivity contribution in [3.05, 3.63) is 35.9 Å². The number of rotatable bonds is 3. The number of guanidine groups is 1. The van der Waals surface area contributed by atoms with Gasteiger partial charge in [-0.05, 0) is 18.4 Å². The van der Waals surface area contributed by atoms with Gasteiger partial charge in [0.15, 0.2) is 5.96 Å². The standard InChI is InChI=1S/C16H23N3O.HI/c1-19-10-9-17-15(19)18-13-16(7-11-20-12-8-16)14-5-3-2-4-6-14;/h2-6H,7-13H2,1H3,(H,17,18);1H. The van der Waals surface area contributed by atoms with Crippen molar-refractivity contribution in [3.8, 4) is 0 Å². The molecule has 2 heterocycles. The average molecular weight is 401 g/mol. The molecule has 0 aliphatic carbocycles. The first kappa shape index (κ1) is 16.5. The van der Waals surface area contributed by atoms with E-state index in [2.05, 4.69) is 52.6 Å². The first-order valence-electron chi connectivity index (χ1n) is 7.43. The lowest BCUT2D eigenvalue weighted by Crippen LogP contribution is -2.47. The number of hydrogen-bond donors (Lipinski definition) is 1. The molecule has 0 atom stereocenters. The molecule has 0 aromatic heterocycles. The Labute approximate surface area is 144 Å². The van der Waals surface area contributed by atoms with E-state index in [0.29, 0.717) is 0 Å². The van der Waals surface area contributed by atoms with Crippen LogP contribution in [-0.2, 0) is 10.2 Å². The Morgan fingerprint density at radius 1 is 1.24 bits per heavy atom. The van der Waals surface area contributed by atoms with Gasteiger partial charge in [0.05, 0.1) is 6.54 Å². The van der Waals surface area contributed by atoms with Crippen LogP contribution in [0.3, 0.4) is 0 Å². The summed E-state index contributed by atoms with van der Waals surface area (Å²) in [4.78, 5) is 6.72. The molecular formula is C16H24IN3O. The number of nitrogens with zero attached hydrogens (tertiary/aromatic N) is 2. The lowest BCUT2D eigenvalue weighted by atomic mass is 9.74. The van der Waals surface area contributed by atoms with Crippen molar-refractivity contribution in [2.45, 2.75) is 18.3 Å². The number of likely N-dealkylation sites (N-methyl/N-ethyl adjacent to an activating group) is 1. The number of nitrogens with one attached hydrogen (secondary N) is 1. The normalized spacial score (nSPS) is 20.6. The molecular weight excluding hydrogens is 377 g/mol. The van der Waals surface area contributed by atoms with Crippen molar-refractivity contribution >= 4 is 29.9 Å². The Morgan fingerprint density at radius 3 is 2.57 bits per heavy atom. The van der Waals surface area contributed by atoms with E-state index in [1.54, 1.807) is 0 Å². The highest BCUT2D eigenvalue weighted by molar-refractivity contribution is 14.0. The van der Waals surface area contributed by atoms with Gasteiger partial charge in [0.25, 0.3) is 0 Å². The lowest BCUT2D eigenvalue weighted by Gasteiger charge is -2.38. The molecule has 4 nitrogen and oxygen atoms in total. The van der Waals surface area contributed by atoms with Crippen LogP contribution in [0, 0.1) is 0 Å². The van der Waals surface area contributed by atoms with E-state index in [-0.39, 0.29) is 29.4 Å². The zero-order valence-electron chi connectivity index (χ0n) is 12.5. The Hall–Kier alpha value is -0.820. The van der Waals surface area contributed by atoms with E-state index in [9.17, 15) is 0 Å². The van der Waals surface area contributed by atoms with Crippen LogP contribution >= 0.6 is 24.0 Å². The highest BCUT2D eigenvalue weighted by Crippen LogP contribution is 2.34. The molecule has 116 valence electrons. The van der Waals surface area contributed by atoms with Gasteiger partial charge < -0.3 is 15.0 Å². The SMILES string of the molecule is CN1CCN=C1NCC1(c2ccccc2)CCOCC1.I. The van der Waals surface area contributed by atoms with Crippen LogP contribution in [0.4, 0.5) is 0 Å². The van der Waals surface area contributed by atoms with Crippen molar-refractivity contribution in [2.75, 3.05) is 39.9 Å². The zero-order chi connectivity index (χ0) is 13.8. The van der Waals surface area contributed by atoms with Gasteiger partial charge in [-0.25, -0.2) is 0 Å². The maximum atomic E-state index is 5.57. The predicted molar refractivity (Wildman–Crippen MR) is 96.5 cm³/mol. The van der Waals surface area contributed by atoms with Gasteiger partial charge in [-0.1, -0.05) is 30.3 Å². The van der Waals surface area contributed by atoms with Crippen LogP contribution in [0.2, 0.25) is 0 Å². The minimum atomic E-state index is 0. The molecule has 1 saturated heterocycles. The summed E-state index contributed by atoms with van der Waals surface area (Å²) < 4.78 is 5.57. The smallest absolute Gasteiger partial charge is 0.193 e. The Kier molecular flexibility index (Phi) is 5.87. The van der Waals surface area contributed by atoms with Crippen molar-refractivity contribution in [1.29, 1.82) is 0 Å². The van der Waals surface area contributed by atoms with E-state index >= 15 is 0 Å². The third-order valence-electron chi connectivity index (χ3n) is 4.48. The van der Waals surface area contributed by atoms with Gasteiger partial charge in [0, 0.05) is 38.8 Å². The summed E-state index contributed by atoms with van der Waals surface area (Å²) in [7, 11) is 2.10. The zero-order valence-corrected chi connectivity index (χ0v) is 14.9. The van der Waals surface area contributed by atoms with E-state index in [1.807, 2.05) is 0 Å². The third-order valence-corrected chi connectivity index (χ3v) is 4.48. The average Bonchev–Trinajstić information content (AvgIpc) is 2.92. The Balaban J connectivity index is 0.00000161. The van der Waals surface area contributed by atoms with Crippen LogP contribution in [0.5, 0.6) is 0 Å². The molecule has 3 rings (SSSR count). The van der Waals surface area contributed by atoms with Crippen LogP contribution in [0.1, 0.15) is 18.4 Å². The summed E-state index contributed by atoms with van der Waals surface area (Å²) in [5, 5.41) is 3.56. The summed E-state index contributed by atoms with van der Waals surface area (Å²) in [5.41, 5.74) is 1.59. The largest absolute Gasteiger partial charge is 0.381 e. The highest BCUT2D eigenvalue weighted by atomic mass is 127. The molecule has 0 bridgehead atoms. The molecule has 2 aliphatic heterocycles. The molecule has 1 aromatic rings. The Morgan fingerprint density at radius 2 is 1.95 bits per heavy atom. The molecule has 1 aromatic carbocycles. The number of aliphatic imine (C=N–C) groups is 1. The quantitative estimate of drug-likeness (QED) is 0.790. The van der Waals surface area contributed by atoms with Crippen molar-refractivity contribution in [1.82, 2.24) is 10.2 Å². The van der Waals surface area contributed by atoms with Gasteiger partial charge in [0.2, 0.25) is 0 Å². The first-order valence-corrected chi connectivity index (χ1v) is 7.43. The van der Waals surface area contributed by atoms with E-state index in [0.717, 1.165) is 51.6 Å². The number of benzene rings is 1. The Bertz CT molecular complexity index is 472. The minimum Gasteiger partial charge on any atom is -0.381 e. The third kappa shape index (κ3) is 3.69. The van der Waals surface area contributed by atoms with Crippen molar-refractivity contribution in [2.24, 2.45) is 4.99 Å². The summed E-state index contributed by atoms with van der Waals surface area (Å²) in [6.07, 6.45) is 2.14. The fourth-order valence-corrected chi connectivity index (χ4v) is 3.09. The summed E-state index contributed by atoms with van der Waals surface area (Å²) in [6, 6.07) is 10.8. The van der Waals surface area contributed by atoms with E-state index in [4.69, 9.17) is 4.74 Å². The fourth-order valence-electron chi connectivity index (χ4n) is 3.09. The predicted octanol–water partition coefficient (Wildman–Crippen LogP) is 2.24. The van der Waals surface area contributed by atoms with Gasteiger partial charge in [-0.15, -0.1) is 24.0 Å². The van der Waals surface area contributed by atoms with Gasteiger partial charge >= 0.3 is 0 Å². The summed E-state index contributed by atoms with van der Waals surface area (Å²) >= 11 is 0. The maximum absolute atomic E-state index is 5.57. The molecule has 1 N–H and O–H groups in total. The van der Waals surface area contributed by atoms with Crippen LogP contribution in [-0.4, -0.2) is 50.8 Å². The van der Waals surface area contributed by atoms with Gasteiger partial charge in [0.1, 0.15) is 0 Å². The first-order chi connectivity index (χ1) is 9.80. The molecule has 5 heteroatoms. The number of ether oxygens (including phenoxy) is 1. The van der Waals surface area contributed by atoms with Crippen molar-refractivity contribution in [3.63, 3.8) is 0 Å². The molecule has 1 fully saturated rings. The van der Waals surface area contributed by atoms with E-state index < -0.39 is 0 Å². The maximum Gasteiger partial charge on any atom is 0.193 e. The summed E-state index contributed by atoms with van der Waals surface area (Å²) in [5.74, 6) is 1.03. The van der Waals surface area contributed by atoms with Crippen molar-refractivity contribution < 1.29 is 4.74 Å². The van der Waals surface area contributed by atoms with E-state index in [1.165, 1.54) is 5.56 Å². The second-order valence-corrected chi connectivity index (χ2v) is 5.74. The van der Waals surface area contributed by atoms with Crippen LogP contribution < -0.4 is 5.32 Å². The number of hydrogen-bond acceptors (Lipinski definition) is 4. The second kappa shape index (κ2) is 7.45. The molecule has 2 aliphatic rings. The lowest BCUT2D eigenvalue weighted by molar-refractivity contribution is 0.0512. The molecule has 0 spiro atoms. The van der Waals surface area contributed by atoms with Crippen LogP contribution in [0.25, 0.3) is 0 Å². The fraction of sp³-hybridized carbons (Fsp3) is 0.562. The van der Waals surface area contributed by atoms with Gasteiger partial charge in [-0.2, -0.15) is 0 Å². The molecule has 0 radical (unpaired) electrons.